The van der Waals surface area contributed by atoms with Crippen LogP contribution in [0.2, 0.25) is 0 Å². The van der Waals surface area contributed by atoms with Crippen LogP contribution in [0.3, 0.4) is 0 Å². The molecule has 0 atom stereocenters. The van der Waals surface area contributed by atoms with Crippen LogP contribution in [0, 0.1) is 0 Å². The van der Waals surface area contributed by atoms with Crippen molar-refractivity contribution < 1.29 is 4.74 Å². The minimum atomic E-state index is 0.675. The second-order valence-corrected chi connectivity index (χ2v) is 5.76. The third-order valence-electron chi connectivity index (χ3n) is 4.18. The largest absolute Gasteiger partial charge is 0.381 e. The van der Waals surface area contributed by atoms with E-state index >= 15 is 0 Å². The van der Waals surface area contributed by atoms with Crippen molar-refractivity contribution in [3.05, 3.63) is 64.7 Å². The van der Waals surface area contributed by atoms with E-state index in [9.17, 15) is 0 Å². The molecule has 1 aliphatic rings. The van der Waals surface area contributed by atoms with E-state index in [0.717, 1.165) is 6.54 Å². The number of rotatable bonds is 5. The Hall–Kier alpha value is -1.80. The first-order valence-electron chi connectivity index (χ1n) is 7.78. The molecule has 0 amide bonds. The first kappa shape index (κ1) is 14.2. The van der Waals surface area contributed by atoms with Gasteiger partial charge in [0.25, 0.3) is 0 Å². The maximum absolute atomic E-state index is 5.20. The molecule has 0 saturated carbocycles. The summed E-state index contributed by atoms with van der Waals surface area (Å²) in [4.78, 5) is 0. The summed E-state index contributed by atoms with van der Waals surface area (Å²) in [6.07, 6.45) is 5.08. The molecule has 21 heavy (non-hydrogen) atoms. The highest BCUT2D eigenvalue weighted by atomic mass is 16.5. The van der Waals surface area contributed by atoms with Crippen molar-refractivity contribution >= 4 is 5.69 Å². The van der Waals surface area contributed by atoms with Crippen molar-refractivity contribution in [3.8, 4) is 0 Å². The summed E-state index contributed by atoms with van der Waals surface area (Å²) in [6, 6.07) is 15.3. The smallest absolute Gasteiger partial charge is 0.0713 e. The third kappa shape index (κ3) is 3.45. The van der Waals surface area contributed by atoms with Crippen molar-refractivity contribution in [2.45, 2.75) is 38.8 Å². The Balaban J connectivity index is 1.72. The molecule has 2 heteroatoms. The maximum Gasteiger partial charge on any atom is 0.0713 e. The number of aryl methyl sites for hydroxylation is 1. The van der Waals surface area contributed by atoms with E-state index in [2.05, 4.69) is 47.8 Å². The van der Waals surface area contributed by atoms with Gasteiger partial charge in [-0.05, 0) is 54.0 Å². The van der Waals surface area contributed by atoms with Crippen molar-refractivity contribution in [2.75, 3.05) is 12.4 Å². The fourth-order valence-corrected chi connectivity index (χ4v) is 3.14. The van der Waals surface area contributed by atoms with Crippen molar-refractivity contribution in [1.29, 1.82) is 0 Å². The van der Waals surface area contributed by atoms with Crippen LogP contribution in [0.15, 0.2) is 42.5 Å². The number of methoxy groups -OCH3 is 1. The number of nitrogens with one attached hydrogen (secondary N) is 1. The van der Waals surface area contributed by atoms with E-state index in [0.29, 0.717) is 6.61 Å². The second kappa shape index (κ2) is 6.77. The topological polar surface area (TPSA) is 21.3 Å². The van der Waals surface area contributed by atoms with Gasteiger partial charge in [0.15, 0.2) is 0 Å². The molecule has 2 aromatic carbocycles. The summed E-state index contributed by atoms with van der Waals surface area (Å²) in [5.41, 5.74) is 6.89. The van der Waals surface area contributed by atoms with Crippen LogP contribution in [0.25, 0.3) is 0 Å². The van der Waals surface area contributed by atoms with Crippen LogP contribution in [0.4, 0.5) is 5.69 Å². The molecular weight excluding hydrogens is 258 g/mol. The molecule has 0 fully saturated rings. The van der Waals surface area contributed by atoms with E-state index in [1.807, 2.05) is 0 Å². The summed E-state index contributed by atoms with van der Waals surface area (Å²) in [5.74, 6) is 0. The minimum absolute atomic E-state index is 0.675. The summed E-state index contributed by atoms with van der Waals surface area (Å²) in [6.45, 7) is 1.54. The normalized spacial score (nSPS) is 13.8. The van der Waals surface area contributed by atoms with Gasteiger partial charge in [0, 0.05) is 19.3 Å². The Bertz CT molecular complexity index is 606. The Kier molecular flexibility index (Phi) is 4.56. The Morgan fingerprint density at radius 1 is 1.00 bits per heavy atom. The van der Waals surface area contributed by atoms with Gasteiger partial charge in [-0.15, -0.1) is 0 Å². The predicted molar refractivity (Wildman–Crippen MR) is 87.6 cm³/mol. The van der Waals surface area contributed by atoms with E-state index in [4.69, 9.17) is 4.74 Å². The first-order valence-corrected chi connectivity index (χ1v) is 7.78. The van der Waals surface area contributed by atoms with Crippen molar-refractivity contribution in [2.24, 2.45) is 0 Å². The fraction of sp³-hybridized carbons (Fsp3) is 0.368. The highest BCUT2D eigenvalue weighted by Crippen LogP contribution is 2.28. The number of hydrogen-bond acceptors (Lipinski definition) is 2. The standard InChI is InChI=1S/C19H23NO/c1-21-14-16-7-4-6-15(12-16)13-20-19-11-5-9-17-8-2-3-10-18(17)19/h4-7,9,11-12,20H,2-3,8,10,13-14H2,1H3. The molecule has 0 heterocycles. The van der Waals surface area contributed by atoms with Crippen LogP contribution in [0.5, 0.6) is 0 Å². The lowest BCUT2D eigenvalue weighted by molar-refractivity contribution is 0.185. The zero-order valence-corrected chi connectivity index (χ0v) is 12.7. The van der Waals surface area contributed by atoms with Crippen molar-refractivity contribution in [3.63, 3.8) is 0 Å². The molecule has 0 aliphatic heterocycles. The van der Waals surface area contributed by atoms with Crippen LogP contribution in [0.1, 0.15) is 35.1 Å². The monoisotopic (exact) mass is 281 g/mol. The van der Waals surface area contributed by atoms with E-state index < -0.39 is 0 Å². The summed E-state index contributed by atoms with van der Waals surface area (Å²) >= 11 is 0. The molecule has 110 valence electrons. The first-order chi connectivity index (χ1) is 10.4. The Morgan fingerprint density at radius 2 is 1.81 bits per heavy atom. The fourth-order valence-electron chi connectivity index (χ4n) is 3.14. The van der Waals surface area contributed by atoms with E-state index in [1.165, 1.54) is 53.6 Å². The third-order valence-corrected chi connectivity index (χ3v) is 4.18. The highest BCUT2D eigenvalue weighted by Gasteiger charge is 2.12. The van der Waals surface area contributed by atoms with Gasteiger partial charge in [0.05, 0.1) is 6.61 Å². The molecule has 0 spiro atoms. The molecule has 0 saturated heterocycles. The molecular formula is C19H23NO. The average molecular weight is 281 g/mol. The van der Waals surface area contributed by atoms with E-state index in [-0.39, 0.29) is 0 Å². The zero-order valence-electron chi connectivity index (χ0n) is 12.7. The van der Waals surface area contributed by atoms with Gasteiger partial charge in [0.2, 0.25) is 0 Å². The summed E-state index contributed by atoms with van der Waals surface area (Å²) in [5, 5.41) is 3.62. The number of hydrogen-bond donors (Lipinski definition) is 1. The number of anilines is 1. The predicted octanol–water partition coefficient (Wildman–Crippen LogP) is 4.32. The Labute approximate surface area is 127 Å². The lowest BCUT2D eigenvalue weighted by Gasteiger charge is -2.20. The Morgan fingerprint density at radius 3 is 2.71 bits per heavy atom. The van der Waals surface area contributed by atoms with Gasteiger partial charge in [-0.1, -0.05) is 36.4 Å². The molecule has 0 bridgehead atoms. The zero-order chi connectivity index (χ0) is 14.5. The van der Waals surface area contributed by atoms with Gasteiger partial charge in [0.1, 0.15) is 0 Å². The molecule has 1 aliphatic carbocycles. The van der Waals surface area contributed by atoms with Gasteiger partial charge in [-0.25, -0.2) is 0 Å². The maximum atomic E-state index is 5.20. The van der Waals surface area contributed by atoms with Crippen LogP contribution in [-0.2, 0) is 30.7 Å². The minimum Gasteiger partial charge on any atom is -0.381 e. The quantitative estimate of drug-likeness (QED) is 0.881. The van der Waals surface area contributed by atoms with Gasteiger partial charge in [-0.2, -0.15) is 0 Å². The number of ether oxygens (including phenoxy) is 1. The highest BCUT2D eigenvalue weighted by molar-refractivity contribution is 5.55. The molecule has 3 rings (SSSR count). The van der Waals surface area contributed by atoms with Crippen molar-refractivity contribution in [1.82, 2.24) is 0 Å². The SMILES string of the molecule is COCc1cccc(CNc2cccc3c2CCCC3)c1. The lowest BCUT2D eigenvalue weighted by atomic mass is 9.90. The number of benzene rings is 2. The molecule has 2 aromatic rings. The van der Waals surface area contributed by atoms with Crippen LogP contribution < -0.4 is 5.32 Å². The molecule has 0 unspecified atom stereocenters. The molecule has 2 nitrogen and oxygen atoms in total. The van der Waals surface area contributed by atoms with Gasteiger partial charge < -0.3 is 10.1 Å². The molecule has 1 N–H and O–H groups in total. The summed E-state index contributed by atoms with van der Waals surface area (Å²) < 4.78 is 5.20. The second-order valence-electron chi connectivity index (χ2n) is 5.76. The average Bonchev–Trinajstić information content (AvgIpc) is 2.53. The van der Waals surface area contributed by atoms with Crippen LogP contribution >= 0.6 is 0 Å². The molecule has 0 aromatic heterocycles. The molecule has 0 radical (unpaired) electrons. The van der Waals surface area contributed by atoms with Crippen LogP contribution in [-0.4, -0.2) is 7.11 Å². The van der Waals surface area contributed by atoms with E-state index in [1.54, 1.807) is 7.11 Å². The lowest BCUT2D eigenvalue weighted by Crippen LogP contribution is -2.08. The number of fused-ring (bicyclic) bond motifs is 1. The van der Waals surface area contributed by atoms with Gasteiger partial charge >= 0.3 is 0 Å². The van der Waals surface area contributed by atoms with Gasteiger partial charge in [-0.3, -0.25) is 0 Å². The summed E-state index contributed by atoms with van der Waals surface area (Å²) in [7, 11) is 1.74.